The van der Waals surface area contributed by atoms with Crippen LogP contribution in [0.25, 0.3) is 0 Å². The fourth-order valence-corrected chi connectivity index (χ4v) is 2.09. The lowest BCUT2D eigenvalue weighted by atomic mass is 10.1. The summed E-state index contributed by atoms with van der Waals surface area (Å²) >= 11 is 0. The molecule has 0 spiro atoms. The quantitative estimate of drug-likeness (QED) is 0.631. The number of aryl methyl sites for hydroxylation is 1. The van der Waals surface area contributed by atoms with Crippen LogP contribution in [0.5, 0.6) is 0 Å². The Balaban J connectivity index is 2.32. The maximum atomic E-state index is 13.1. The third-order valence-corrected chi connectivity index (χ3v) is 3.21. The van der Waals surface area contributed by atoms with Gasteiger partial charge in [-0.05, 0) is 30.2 Å². The van der Waals surface area contributed by atoms with Crippen LogP contribution >= 0.6 is 0 Å². The van der Waals surface area contributed by atoms with E-state index in [2.05, 4.69) is 0 Å². The van der Waals surface area contributed by atoms with Gasteiger partial charge in [-0.15, -0.1) is 0 Å². The minimum Gasteiger partial charge on any atom is -0.365 e. The second kappa shape index (κ2) is 5.69. The van der Waals surface area contributed by atoms with Crippen LogP contribution < -0.4 is 4.90 Å². The van der Waals surface area contributed by atoms with Gasteiger partial charge in [0.05, 0.1) is 11.0 Å². The predicted molar refractivity (Wildman–Crippen MR) is 76.3 cm³/mol. The van der Waals surface area contributed by atoms with E-state index in [4.69, 9.17) is 0 Å². The Morgan fingerprint density at radius 1 is 1.25 bits per heavy atom. The van der Waals surface area contributed by atoms with E-state index in [-0.39, 0.29) is 5.69 Å². The highest BCUT2D eigenvalue weighted by atomic mass is 19.1. The molecule has 0 unspecified atom stereocenters. The zero-order valence-corrected chi connectivity index (χ0v) is 11.3. The van der Waals surface area contributed by atoms with E-state index in [9.17, 15) is 14.5 Å². The Kier molecular flexibility index (Phi) is 3.98. The molecular weight excluding hydrogens is 259 g/mol. The fraction of sp³-hybridized carbons (Fsp3) is 0.200. The number of halogens is 1. The van der Waals surface area contributed by atoms with Gasteiger partial charge in [-0.1, -0.05) is 24.3 Å². The van der Waals surface area contributed by atoms with Gasteiger partial charge in [0.15, 0.2) is 0 Å². The second-order valence-corrected chi connectivity index (χ2v) is 4.67. The van der Waals surface area contributed by atoms with Crippen molar-refractivity contribution in [3.63, 3.8) is 0 Å². The number of hydrogen-bond donors (Lipinski definition) is 0. The molecule has 0 bridgehead atoms. The van der Waals surface area contributed by atoms with E-state index in [1.807, 2.05) is 31.2 Å². The molecular formula is C15H15FN2O2. The second-order valence-electron chi connectivity index (χ2n) is 4.67. The highest BCUT2D eigenvalue weighted by Gasteiger charge is 2.18. The first kappa shape index (κ1) is 14.0. The van der Waals surface area contributed by atoms with Gasteiger partial charge in [0, 0.05) is 13.6 Å². The summed E-state index contributed by atoms with van der Waals surface area (Å²) in [6.07, 6.45) is 0. The van der Waals surface area contributed by atoms with Gasteiger partial charge in [-0.2, -0.15) is 0 Å². The smallest absolute Gasteiger partial charge is 0.295 e. The Labute approximate surface area is 116 Å². The number of nitrogens with zero attached hydrogens (tertiary/aromatic N) is 2. The number of anilines is 1. The zero-order valence-electron chi connectivity index (χ0n) is 11.3. The summed E-state index contributed by atoms with van der Waals surface area (Å²) < 4.78 is 13.1. The van der Waals surface area contributed by atoms with Gasteiger partial charge in [0.1, 0.15) is 11.5 Å². The van der Waals surface area contributed by atoms with E-state index in [1.54, 1.807) is 11.9 Å². The summed E-state index contributed by atoms with van der Waals surface area (Å²) in [6.45, 7) is 2.52. The molecule has 2 aromatic rings. The van der Waals surface area contributed by atoms with Crippen molar-refractivity contribution in [2.24, 2.45) is 0 Å². The molecule has 0 saturated carbocycles. The van der Waals surface area contributed by atoms with Crippen molar-refractivity contribution in [1.82, 2.24) is 0 Å². The first-order valence-corrected chi connectivity index (χ1v) is 6.18. The Hall–Kier alpha value is -2.43. The first-order chi connectivity index (χ1) is 9.49. The van der Waals surface area contributed by atoms with Crippen molar-refractivity contribution >= 4 is 11.4 Å². The van der Waals surface area contributed by atoms with Crippen molar-refractivity contribution in [3.05, 3.63) is 69.5 Å². The van der Waals surface area contributed by atoms with Crippen LogP contribution in [-0.4, -0.2) is 12.0 Å². The maximum Gasteiger partial charge on any atom is 0.295 e. The summed E-state index contributed by atoms with van der Waals surface area (Å²) in [4.78, 5) is 12.2. The highest BCUT2D eigenvalue weighted by Crippen LogP contribution is 2.29. The highest BCUT2D eigenvalue weighted by molar-refractivity contribution is 5.63. The number of rotatable bonds is 4. The average molecular weight is 274 g/mol. The molecule has 2 aromatic carbocycles. The molecule has 0 aromatic heterocycles. The lowest BCUT2D eigenvalue weighted by Crippen LogP contribution is -2.18. The SMILES string of the molecule is Cc1ccccc1CN(C)c1ccc(F)cc1[N+](=O)[O-]. The standard InChI is InChI=1S/C15H15FN2O2/c1-11-5-3-4-6-12(11)10-17(2)14-8-7-13(16)9-15(14)18(19)20/h3-9H,10H2,1-2H3. The molecule has 0 radical (unpaired) electrons. The normalized spacial score (nSPS) is 10.3. The van der Waals surface area contributed by atoms with Crippen molar-refractivity contribution in [3.8, 4) is 0 Å². The van der Waals surface area contributed by atoms with Crippen molar-refractivity contribution < 1.29 is 9.31 Å². The molecule has 5 heteroatoms. The van der Waals surface area contributed by atoms with Crippen LogP contribution in [0.2, 0.25) is 0 Å². The van der Waals surface area contributed by atoms with Crippen molar-refractivity contribution in [2.45, 2.75) is 13.5 Å². The predicted octanol–water partition coefficient (Wildman–Crippen LogP) is 3.68. The van der Waals surface area contributed by atoms with Gasteiger partial charge in [-0.3, -0.25) is 10.1 Å². The molecule has 0 fully saturated rings. The van der Waals surface area contributed by atoms with Crippen LogP contribution in [0.4, 0.5) is 15.8 Å². The summed E-state index contributed by atoms with van der Waals surface area (Å²) in [6, 6.07) is 11.4. The Morgan fingerprint density at radius 2 is 1.95 bits per heavy atom. The molecule has 2 rings (SSSR count). The van der Waals surface area contributed by atoms with Gasteiger partial charge < -0.3 is 4.90 Å². The van der Waals surface area contributed by atoms with E-state index in [0.29, 0.717) is 12.2 Å². The lowest BCUT2D eigenvalue weighted by molar-refractivity contribution is -0.384. The van der Waals surface area contributed by atoms with E-state index in [1.165, 1.54) is 12.1 Å². The van der Waals surface area contributed by atoms with E-state index < -0.39 is 10.7 Å². The summed E-state index contributed by atoms with van der Waals surface area (Å²) in [5, 5.41) is 11.0. The van der Waals surface area contributed by atoms with Gasteiger partial charge in [0.2, 0.25) is 0 Å². The number of benzene rings is 2. The molecule has 0 aliphatic carbocycles. The van der Waals surface area contributed by atoms with Gasteiger partial charge in [0.25, 0.3) is 5.69 Å². The summed E-state index contributed by atoms with van der Waals surface area (Å²) in [5.74, 6) is -0.607. The topological polar surface area (TPSA) is 46.4 Å². The van der Waals surface area contributed by atoms with Crippen LogP contribution in [0.3, 0.4) is 0 Å². The van der Waals surface area contributed by atoms with Gasteiger partial charge >= 0.3 is 0 Å². The molecule has 4 nitrogen and oxygen atoms in total. The van der Waals surface area contributed by atoms with E-state index >= 15 is 0 Å². The van der Waals surface area contributed by atoms with Gasteiger partial charge in [-0.25, -0.2) is 4.39 Å². The average Bonchev–Trinajstić information content (AvgIpc) is 2.41. The number of nitro benzene ring substituents is 1. The molecule has 0 atom stereocenters. The number of hydrogen-bond acceptors (Lipinski definition) is 3. The zero-order chi connectivity index (χ0) is 14.7. The third kappa shape index (κ3) is 2.93. The third-order valence-electron chi connectivity index (χ3n) is 3.21. The fourth-order valence-electron chi connectivity index (χ4n) is 2.09. The largest absolute Gasteiger partial charge is 0.365 e. The monoisotopic (exact) mass is 274 g/mol. The number of nitro groups is 1. The summed E-state index contributed by atoms with van der Waals surface area (Å²) in [5.41, 5.74) is 2.37. The molecule has 0 aliphatic heterocycles. The van der Waals surface area contributed by atoms with Crippen LogP contribution in [-0.2, 0) is 6.54 Å². The Bertz CT molecular complexity index is 644. The minimum atomic E-state index is -0.607. The van der Waals surface area contributed by atoms with Crippen LogP contribution in [0, 0.1) is 22.9 Å². The van der Waals surface area contributed by atoms with Crippen molar-refractivity contribution in [1.29, 1.82) is 0 Å². The molecule has 104 valence electrons. The molecule has 0 N–H and O–H groups in total. The minimum absolute atomic E-state index is 0.221. The Morgan fingerprint density at radius 3 is 2.60 bits per heavy atom. The molecule has 0 heterocycles. The lowest BCUT2D eigenvalue weighted by Gasteiger charge is -2.20. The molecule has 0 aliphatic rings. The van der Waals surface area contributed by atoms with Crippen LogP contribution in [0.15, 0.2) is 42.5 Å². The first-order valence-electron chi connectivity index (χ1n) is 6.18. The molecule has 0 amide bonds. The molecule has 20 heavy (non-hydrogen) atoms. The summed E-state index contributed by atoms with van der Waals surface area (Å²) in [7, 11) is 1.76. The maximum absolute atomic E-state index is 13.1. The van der Waals surface area contributed by atoms with Crippen molar-refractivity contribution in [2.75, 3.05) is 11.9 Å². The van der Waals surface area contributed by atoms with E-state index in [0.717, 1.165) is 17.2 Å². The van der Waals surface area contributed by atoms with Crippen LogP contribution in [0.1, 0.15) is 11.1 Å². The molecule has 0 saturated heterocycles.